The van der Waals surface area contributed by atoms with Gasteiger partial charge in [0.1, 0.15) is 16.5 Å². The van der Waals surface area contributed by atoms with Gasteiger partial charge in [-0.05, 0) is 31.2 Å². The predicted octanol–water partition coefficient (Wildman–Crippen LogP) is 4.39. The Labute approximate surface area is 121 Å². The van der Waals surface area contributed by atoms with Crippen LogP contribution >= 0.6 is 11.6 Å². The van der Waals surface area contributed by atoms with Crippen molar-refractivity contribution in [2.24, 2.45) is 0 Å². The molecule has 5 nitrogen and oxygen atoms in total. The molecule has 0 aliphatic carbocycles. The summed E-state index contributed by atoms with van der Waals surface area (Å²) in [7, 11) is 0. The van der Waals surface area contributed by atoms with Crippen LogP contribution in [0.3, 0.4) is 0 Å². The summed E-state index contributed by atoms with van der Waals surface area (Å²) in [5.74, 6) is 0.629. The number of para-hydroxylation sites is 3. The van der Waals surface area contributed by atoms with Crippen LogP contribution in [-0.2, 0) is 0 Å². The highest BCUT2D eigenvalue weighted by molar-refractivity contribution is 6.33. The highest BCUT2D eigenvalue weighted by Crippen LogP contribution is 2.36. The molecule has 0 radical (unpaired) electrons. The fourth-order valence-corrected chi connectivity index (χ4v) is 2.04. The summed E-state index contributed by atoms with van der Waals surface area (Å²) in [5.41, 5.74) is 0.829. The molecule has 0 saturated carbocycles. The van der Waals surface area contributed by atoms with E-state index < -0.39 is 4.92 Å². The molecule has 0 spiro atoms. The Kier molecular flexibility index (Phi) is 4.42. The van der Waals surface area contributed by atoms with E-state index in [1.807, 2.05) is 19.1 Å². The van der Waals surface area contributed by atoms with Crippen LogP contribution in [0.4, 0.5) is 17.1 Å². The zero-order valence-electron chi connectivity index (χ0n) is 10.8. The molecule has 2 rings (SSSR count). The molecule has 0 atom stereocenters. The van der Waals surface area contributed by atoms with Crippen molar-refractivity contribution < 1.29 is 9.66 Å². The highest BCUT2D eigenvalue weighted by Gasteiger charge is 2.19. The van der Waals surface area contributed by atoms with Crippen molar-refractivity contribution in [3.05, 3.63) is 57.6 Å². The van der Waals surface area contributed by atoms with Gasteiger partial charge >= 0.3 is 5.69 Å². The molecular weight excluding hydrogens is 280 g/mol. The average molecular weight is 293 g/mol. The number of rotatable bonds is 5. The first-order valence-corrected chi connectivity index (χ1v) is 6.43. The third kappa shape index (κ3) is 3.00. The van der Waals surface area contributed by atoms with E-state index in [2.05, 4.69) is 5.32 Å². The molecule has 6 heteroatoms. The molecule has 0 unspecified atom stereocenters. The number of anilines is 2. The van der Waals surface area contributed by atoms with Crippen molar-refractivity contribution in [2.75, 3.05) is 11.9 Å². The lowest BCUT2D eigenvalue weighted by molar-refractivity contribution is -0.383. The van der Waals surface area contributed by atoms with Gasteiger partial charge in [0.2, 0.25) is 0 Å². The van der Waals surface area contributed by atoms with Gasteiger partial charge in [0, 0.05) is 0 Å². The van der Waals surface area contributed by atoms with Crippen molar-refractivity contribution in [3.8, 4) is 5.75 Å². The topological polar surface area (TPSA) is 64.4 Å². The number of ether oxygens (including phenoxy) is 1. The Hall–Kier alpha value is -2.27. The lowest BCUT2D eigenvalue weighted by Gasteiger charge is -2.12. The van der Waals surface area contributed by atoms with Crippen LogP contribution in [0.25, 0.3) is 0 Å². The first-order chi connectivity index (χ1) is 9.63. The summed E-state index contributed by atoms with van der Waals surface area (Å²) in [6.45, 7) is 2.38. The van der Waals surface area contributed by atoms with Gasteiger partial charge in [-0.3, -0.25) is 10.1 Å². The molecule has 0 amide bonds. The zero-order chi connectivity index (χ0) is 14.5. The molecule has 2 aromatic carbocycles. The zero-order valence-corrected chi connectivity index (χ0v) is 11.6. The van der Waals surface area contributed by atoms with Gasteiger partial charge in [0.05, 0.1) is 17.2 Å². The number of nitro groups is 1. The minimum Gasteiger partial charge on any atom is -0.492 e. The van der Waals surface area contributed by atoms with Crippen LogP contribution in [0.2, 0.25) is 5.02 Å². The number of halogens is 1. The van der Waals surface area contributed by atoms with Gasteiger partial charge in [-0.25, -0.2) is 0 Å². The summed E-state index contributed by atoms with van der Waals surface area (Å²) >= 11 is 5.88. The third-order valence-electron chi connectivity index (χ3n) is 2.63. The Morgan fingerprint density at radius 3 is 2.60 bits per heavy atom. The first-order valence-electron chi connectivity index (χ1n) is 6.05. The molecule has 0 aliphatic heterocycles. The molecule has 104 valence electrons. The highest BCUT2D eigenvalue weighted by atomic mass is 35.5. The molecule has 1 N–H and O–H groups in total. The summed E-state index contributed by atoms with van der Waals surface area (Å²) in [6, 6.07) is 12.0. The van der Waals surface area contributed by atoms with Crippen molar-refractivity contribution in [3.63, 3.8) is 0 Å². The Bertz CT molecular complexity index is 632. The van der Waals surface area contributed by atoms with Crippen molar-refractivity contribution in [1.29, 1.82) is 0 Å². The van der Waals surface area contributed by atoms with Crippen molar-refractivity contribution in [1.82, 2.24) is 0 Å². The fourth-order valence-electron chi connectivity index (χ4n) is 1.80. The molecule has 0 heterocycles. The van der Waals surface area contributed by atoms with Crippen molar-refractivity contribution in [2.45, 2.75) is 6.92 Å². The maximum absolute atomic E-state index is 11.1. The second-order valence-electron chi connectivity index (χ2n) is 3.95. The standard InChI is InChI=1S/C14H13ClN2O3/c1-2-20-13-9-4-3-7-11(13)16-12-8-5-6-10(15)14(12)17(18)19/h3-9,16H,2H2,1H3. The second kappa shape index (κ2) is 6.25. The van der Waals surface area contributed by atoms with Gasteiger partial charge in [-0.1, -0.05) is 29.8 Å². The Balaban J connectivity index is 2.40. The van der Waals surface area contributed by atoms with Crippen LogP contribution in [0, 0.1) is 10.1 Å². The molecular formula is C14H13ClN2O3. The summed E-state index contributed by atoms with van der Waals surface area (Å²) in [4.78, 5) is 10.6. The second-order valence-corrected chi connectivity index (χ2v) is 4.35. The van der Waals surface area contributed by atoms with E-state index in [1.165, 1.54) is 6.07 Å². The van der Waals surface area contributed by atoms with Gasteiger partial charge in [-0.2, -0.15) is 0 Å². The van der Waals surface area contributed by atoms with Gasteiger partial charge < -0.3 is 10.1 Å². The third-order valence-corrected chi connectivity index (χ3v) is 2.93. The number of nitrogens with one attached hydrogen (secondary N) is 1. The molecule has 2 aromatic rings. The van der Waals surface area contributed by atoms with Crippen LogP contribution in [0.5, 0.6) is 5.75 Å². The molecule has 0 bridgehead atoms. The van der Waals surface area contributed by atoms with E-state index in [0.717, 1.165) is 0 Å². The maximum atomic E-state index is 11.1. The first kappa shape index (κ1) is 14.1. The van der Waals surface area contributed by atoms with E-state index in [1.54, 1.807) is 24.3 Å². The molecule has 20 heavy (non-hydrogen) atoms. The molecule has 0 aromatic heterocycles. The van der Waals surface area contributed by atoms with E-state index >= 15 is 0 Å². The maximum Gasteiger partial charge on any atom is 0.311 e. The number of hydrogen-bond acceptors (Lipinski definition) is 4. The largest absolute Gasteiger partial charge is 0.492 e. The number of nitrogens with zero attached hydrogens (tertiary/aromatic N) is 1. The Morgan fingerprint density at radius 2 is 1.90 bits per heavy atom. The van der Waals surface area contributed by atoms with Gasteiger partial charge in [0.25, 0.3) is 0 Å². The molecule has 0 aliphatic rings. The Morgan fingerprint density at radius 1 is 1.20 bits per heavy atom. The minimum absolute atomic E-state index is 0.0916. The lowest BCUT2D eigenvalue weighted by atomic mass is 10.2. The predicted molar refractivity (Wildman–Crippen MR) is 79.0 cm³/mol. The smallest absolute Gasteiger partial charge is 0.311 e. The lowest BCUT2D eigenvalue weighted by Crippen LogP contribution is -2.00. The fraction of sp³-hybridized carbons (Fsp3) is 0.143. The van der Waals surface area contributed by atoms with Crippen LogP contribution in [0.15, 0.2) is 42.5 Å². The molecule has 0 fully saturated rings. The molecule has 0 saturated heterocycles. The van der Waals surface area contributed by atoms with E-state index in [9.17, 15) is 10.1 Å². The van der Waals surface area contributed by atoms with E-state index in [4.69, 9.17) is 16.3 Å². The van der Waals surface area contributed by atoms with Gasteiger partial charge in [-0.15, -0.1) is 0 Å². The van der Waals surface area contributed by atoms with Gasteiger partial charge in [0.15, 0.2) is 0 Å². The summed E-state index contributed by atoms with van der Waals surface area (Å²) < 4.78 is 5.47. The monoisotopic (exact) mass is 292 g/mol. The number of nitro benzene ring substituents is 1. The average Bonchev–Trinajstić information content (AvgIpc) is 2.41. The summed E-state index contributed by atoms with van der Waals surface area (Å²) in [5, 5.41) is 14.2. The normalized spacial score (nSPS) is 10.1. The SMILES string of the molecule is CCOc1ccccc1Nc1cccc(Cl)c1[N+](=O)[O-]. The number of benzene rings is 2. The van der Waals surface area contributed by atoms with E-state index in [0.29, 0.717) is 23.7 Å². The minimum atomic E-state index is -0.506. The van der Waals surface area contributed by atoms with Crippen molar-refractivity contribution >= 4 is 28.7 Å². The number of hydrogen-bond donors (Lipinski definition) is 1. The van der Waals surface area contributed by atoms with Crippen LogP contribution in [0.1, 0.15) is 6.92 Å². The van der Waals surface area contributed by atoms with Crippen LogP contribution < -0.4 is 10.1 Å². The quantitative estimate of drug-likeness (QED) is 0.655. The van der Waals surface area contributed by atoms with Crippen LogP contribution in [-0.4, -0.2) is 11.5 Å². The van der Waals surface area contributed by atoms with E-state index in [-0.39, 0.29) is 10.7 Å². The summed E-state index contributed by atoms with van der Waals surface area (Å²) in [6.07, 6.45) is 0.